The lowest BCUT2D eigenvalue weighted by atomic mass is 9.72. The van der Waals surface area contributed by atoms with Gasteiger partial charge in [-0.25, -0.2) is 0 Å². The number of hydrogen-bond donors (Lipinski definition) is 1. The van der Waals surface area contributed by atoms with Crippen molar-refractivity contribution in [2.75, 3.05) is 27.2 Å². The van der Waals surface area contributed by atoms with E-state index in [1.165, 1.54) is 25.8 Å². The van der Waals surface area contributed by atoms with Crippen LogP contribution in [-0.2, 0) is 0 Å². The molecule has 0 bridgehead atoms. The molecule has 1 aliphatic heterocycles. The van der Waals surface area contributed by atoms with Crippen LogP contribution in [0.25, 0.3) is 0 Å². The van der Waals surface area contributed by atoms with Gasteiger partial charge in [0.15, 0.2) is 0 Å². The van der Waals surface area contributed by atoms with Gasteiger partial charge in [0, 0.05) is 18.2 Å². The Labute approximate surface area is 132 Å². The minimum Gasteiger partial charge on any atom is -0.497 e. The summed E-state index contributed by atoms with van der Waals surface area (Å²) in [5.74, 6) is 2.22. The predicted molar refractivity (Wildman–Crippen MR) is 87.2 cm³/mol. The zero-order valence-corrected chi connectivity index (χ0v) is 13.5. The van der Waals surface area contributed by atoms with Gasteiger partial charge in [0.25, 0.3) is 5.91 Å². The normalized spacial score (nSPS) is 28.7. The van der Waals surface area contributed by atoms with Crippen molar-refractivity contribution in [3.05, 3.63) is 29.8 Å². The van der Waals surface area contributed by atoms with E-state index in [-0.39, 0.29) is 5.91 Å². The zero-order valence-electron chi connectivity index (χ0n) is 13.5. The fraction of sp³-hybridized carbons (Fsp3) is 0.611. The molecule has 0 unspecified atom stereocenters. The molecular weight excluding hydrogens is 276 g/mol. The largest absolute Gasteiger partial charge is 0.497 e. The average molecular weight is 302 g/mol. The van der Waals surface area contributed by atoms with E-state index in [0.717, 1.165) is 30.2 Å². The van der Waals surface area contributed by atoms with Crippen molar-refractivity contribution >= 4 is 5.91 Å². The van der Waals surface area contributed by atoms with Crippen molar-refractivity contribution < 1.29 is 9.53 Å². The van der Waals surface area contributed by atoms with Crippen molar-refractivity contribution in [2.45, 2.75) is 31.7 Å². The number of carbonyl (C=O) groups excluding carboxylic acids is 1. The van der Waals surface area contributed by atoms with E-state index < -0.39 is 0 Å². The van der Waals surface area contributed by atoms with E-state index in [0.29, 0.717) is 12.0 Å². The summed E-state index contributed by atoms with van der Waals surface area (Å²) < 4.78 is 5.14. The number of hydrogen-bond acceptors (Lipinski definition) is 3. The molecule has 4 heteroatoms. The van der Waals surface area contributed by atoms with Crippen molar-refractivity contribution in [3.63, 3.8) is 0 Å². The van der Waals surface area contributed by atoms with E-state index in [1.807, 2.05) is 24.3 Å². The van der Waals surface area contributed by atoms with Crippen LogP contribution in [-0.4, -0.2) is 44.1 Å². The summed E-state index contributed by atoms with van der Waals surface area (Å²) >= 11 is 0. The first-order chi connectivity index (χ1) is 10.7. The molecule has 1 saturated carbocycles. The van der Waals surface area contributed by atoms with Gasteiger partial charge in [0.2, 0.25) is 0 Å². The Balaban J connectivity index is 1.64. The SMILES string of the molecule is COc1ccc(C(=O)N[C@@H]2CCC[C@@H]3CN(C)CC[C@H]32)cc1. The van der Waals surface area contributed by atoms with E-state index in [4.69, 9.17) is 4.74 Å². The Hall–Kier alpha value is -1.55. The highest BCUT2D eigenvalue weighted by molar-refractivity contribution is 5.94. The molecule has 0 radical (unpaired) electrons. The van der Waals surface area contributed by atoms with Crippen LogP contribution in [0.4, 0.5) is 0 Å². The van der Waals surface area contributed by atoms with E-state index >= 15 is 0 Å². The first-order valence-electron chi connectivity index (χ1n) is 8.31. The fourth-order valence-corrected chi connectivity index (χ4v) is 4.05. The molecule has 1 aromatic carbocycles. The third-order valence-electron chi connectivity index (χ3n) is 5.27. The minimum atomic E-state index is 0.0484. The number of fused-ring (bicyclic) bond motifs is 1. The molecule has 120 valence electrons. The molecule has 2 fully saturated rings. The van der Waals surface area contributed by atoms with Crippen molar-refractivity contribution in [2.24, 2.45) is 11.8 Å². The second-order valence-corrected chi connectivity index (χ2v) is 6.71. The van der Waals surface area contributed by atoms with Crippen LogP contribution >= 0.6 is 0 Å². The molecular formula is C18H26N2O2. The number of methoxy groups -OCH3 is 1. The smallest absolute Gasteiger partial charge is 0.251 e. The Kier molecular flexibility index (Phi) is 4.67. The van der Waals surface area contributed by atoms with E-state index in [1.54, 1.807) is 7.11 Å². The Morgan fingerprint density at radius 1 is 1.23 bits per heavy atom. The molecule has 1 aliphatic carbocycles. The van der Waals surface area contributed by atoms with Gasteiger partial charge in [-0.2, -0.15) is 0 Å². The number of amides is 1. The highest BCUT2D eigenvalue weighted by atomic mass is 16.5. The maximum absolute atomic E-state index is 12.5. The van der Waals surface area contributed by atoms with Crippen LogP contribution in [0.3, 0.4) is 0 Å². The summed E-state index contributed by atoms with van der Waals surface area (Å²) in [6, 6.07) is 7.69. The Morgan fingerprint density at radius 2 is 2.00 bits per heavy atom. The van der Waals surface area contributed by atoms with Crippen LogP contribution < -0.4 is 10.1 Å². The maximum atomic E-state index is 12.5. The molecule has 0 spiro atoms. The summed E-state index contributed by atoms with van der Waals surface area (Å²) in [7, 11) is 3.84. The number of nitrogens with one attached hydrogen (secondary N) is 1. The van der Waals surface area contributed by atoms with Gasteiger partial charge < -0.3 is 15.0 Å². The molecule has 22 heavy (non-hydrogen) atoms. The van der Waals surface area contributed by atoms with Gasteiger partial charge >= 0.3 is 0 Å². The van der Waals surface area contributed by atoms with Crippen molar-refractivity contribution in [1.29, 1.82) is 0 Å². The molecule has 1 saturated heterocycles. The van der Waals surface area contributed by atoms with Crippen molar-refractivity contribution in [1.82, 2.24) is 10.2 Å². The third-order valence-corrected chi connectivity index (χ3v) is 5.27. The summed E-state index contributed by atoms with van der Waals surface area (Å²) in [5.41, 5.74) is 0.718. The Bertz CT molecular complexity index is 514. The molecule has 3 atom stereocenters. The van der Waals surface area contributed by atoms with Gasteiger partial charge in [0.05, 0.1) is 7.11 Å². The number of likely N-dealkylation sites (tertiary alicyclic amines) is 1. The highest BCUT2D eigenvalue weighted by Crippen LogP contribution is 2.36. The first kappa shape index (κ1) is 15.3. The highest BCUT2D eigenvalue weighted by Gasteiger charge is 2.37. The van der Waals surface area contributed by atoms with Crippen LogP contribution in [0.5, 0.6) is 5.75 Å². The van der Waals surface area contributed by atoms with E-state index in [2.05, 4.69) is 17.3 Å². The van der Waals surface area contributed by atoms with Crippen LogP contribution in [0.2, 0.25) is 0 Å². The quantitative estimate of drug-likeness (QED) is 0.933. The van der Waals surface area contributed by atoms with Crippen LogP contribution in [0, 0.1) is 11.8 Å². The second kappa shape index (κ2) is 6.69. The van der Waals surface area contributed by atoms with Gasteiger partial charge in [-0.1, -0.05) is 6.42 Å². The molecule has 1 N–H and O–H groups in total. The fourth-order valence-electron chi connectivity index (χ4n) is 4.05. The summed E-state index contributed by atoms with van der Waals surface area (Å²) in [6.07, 6.45) is 4.86. The van der Waals surface area contributed by atoms with E-state index in [9.17, 15) is 4.79 Å². The zero-order chi connectivity index (χ0) is 15.5. The number of benzene rings is 1. The van der Waals surface area contributed by atoms with Gasteiger partial charge in [-0.15, -0.1) is 0 Å². The lowest BCUT2D eigenvalue weighted by Crippen LogP contribution is -2.51. The predicted octanol–water partition coefficient (Wildman–Crippen LogP) is 2.55. The number of rotatable bonds is 3. The number of nitrogens with zero attached hydrogens (tertiary/aromatic N) is 1. The number of ether oxygens (including phenoxy) is 1. The third kappa shape index (κ3) is 3.27. The minimum absolute atomic E-state index is 0.0484. The lowest BCUT2D eigenvalue weighted by Gasteiger charge is -2.44. The van der Waals surface area contributed by atoms with Gasteiger partial charge in [0.1, 0.15) is 5.75 Å². The average Bonchev–Trinajstić information content (AvgIpc) is 2.55. The maximum Gasteiger partial charge on any atom is 0.251 e. The topological polar surface area (TPSA) is 41.6 Å². The molecule has 1 aromatic rings. The Morgan fingerprint density at radius 3 is 2.73 bits per heavy atom. The molecule has 4 nitrogen and oxygen atoms in total. The first-order valence-corrected chi connectivity index (χ1v) is 8.31. The second-order valence-electron chi connectivity index (χ2n) is 6.71. The lowest BCUT2D eigenvalue weighted by molar-refractivity contribution is 0.0661. The van der Waals surface area contributed by atoms with Crippen molar-refractivity contribution in [3.8, 4) is 5.75 Å². The number of piperidine rings is 1. The standard InChI is InChI=1S/C18H26N2O2/c1-20-11-10-16-14(12-20)4-3-5-17(16)19-18(21)13-6-8-15(22-2)9-7-13/h6-9,14,16-17H,3-5,10-12H2,1-2H3,(H,19,21)/t14-,16-,17-/m1/s1. The molecule has 2 aliphatic rings. The summed E-state index contributed by atoms with van der Waals surface area (Å²) in [5, 5.41) is 3.29. The summed E-state index contributed by atoms with van der Waals surface area (Å²) in [6.45, 7) is 2.33. The van der Waals surface area contributed by atoms with Gasteiger partial charge in [-0.05, 0) is 69.0 Å². The van der Waals surface area contributed by atoms with Crippen LogP contribution in [0.1, 0.15) is 36.0 Å². The monoisotopic (exact) mass is 302 g/mol. The molecule has 1 amide bonds. The van der Waals surface area contributed by atoms with Crippen LogP contribution in [0.15, 0.2) is 24.3 Å². The summed E-state index contributed by atoms with van der Waals surface area (Å²) in [4.78, 5) is 14.9. The number of carbonyl (C=O) groups is 1. The molecule has 0 aromatic heterocycles. The molecule has 3 rings (SSSR count). The van der Waals surface area contributed by atoms with Gasteiger partial charge in [-0.3, -0.25) is 4.79 Å². The molecule has 1 heterocycles.